The molecule has 0 aliphatic heterocycles. The third kappa shape index (κ3) is 42.0. The molecular formula is C50H97NO3. The van der Waals surface area contributed by atoms with Crippen molar-refractivity contribution >= 4 is 5.91 Å². The number of rotatable bonds is 45. The molecule has 0 aromatic heterocycles. The number of hydrogen-bond acceptors (Lipinski definition) is 3. The van der Waals surface area contributed by atoms with E-state index in [-0.39, 0.29) is 12.5 Å². The topological polar surface area (TPSA) is 69.6 Å². The Kier molecular flexibility index (Phi) is 45.3. The fraction of sp³-hybridized carbons (Fsp3) is 0.900. The summed E-state index contributed by atoms with van der Waals surface area (Å²) < 4.78 is 0. The Bertz CT molecular complexity index is 780. The van der Waals surface area contributed by atoms with Gasteiger partial charge in [-0.05, 0) is 32.1 Å². The van der Waals surface area contributed by atoms with Crippen LogP contribution in [0, 0.1) is 0 Å². The van der Waals surface area contributed by atoms with Crippen LogP contribution in [0.3, 0.4) is 0 Å². The monoisotopic (exact) mass is 760 g/mol. The molecule has 320 valence electrons. The first-order valence-electron chi connectivity index (χ1n) is 24.6. The van der Waals surface area contributed by atoms with Crippen LogP contribution in [-0.2, 0) is 4.79 Å². The number of aliphatic hydroxyl groups is 2. The first kappa shape index (κ1) is 52.9. The zero-order valence-corrected chi connectivity index (χ0v) is 36.8. The summed E-state index contributed by atoms with van der Waals surface area (Å²) in [5, 5.41) is 22.9. The zero-order chi connectivity index (χ0) is 39.3. The number of carbonyl (C=O) groups excluding carboxylic acids is 1. The van der Waals surface area contributed by atoms with Crippen molar-refractivity contribution in [2.24, 2.45) is 0 Å². The summed E-state index contributed by atoms with van der Waals surface area (Å²) >= 11 is 0. The second-order valence-corrected chi connectivity index (χ2v) is 16.9. The van der Waals surface area contributed by atoms with Crippen molar-refractivity contribution in [3.63, 3.8) is 0 Å². The van der Waals surface area contributed by atoms with Gasteiger partial charge in [0.2, 0.25) is 5.91 Å². The Morgan fingerprint density at radius 1 is 0.426 bits per heavy atom. The Morgan fingerprint density at radius 2 is 0.722 bits per heavy atom. The molecule has 54 heavy (non-hydrogen) atoms. The van der Waals surface area contributed by atoms with Crippen LogP contribution in [0.1, 0.15) is 271 Å². The van der Waals surface area contributed by atoms with Gasteiger partial charge in [0.05, 0.1) is 18.8 Å². The number of hydrogen-bond donors (Lipinski definition) is 3. The molecule has 0 radical (unpaired) electrons. The summed E-state index contributed by atoms with van der Waals surface area (Å²) in [5.74, 6) is -0.0720. The van der Waals surface area contributed by atoms with Crippen molar-refractivity contribution in [3.8, 4) is 0 Å². The SMILES string of the molecule is CCCCC/C=C/CC/C=C/C(O)C(CO)NC(=O)CCCCCCCCCCCCCCCCCCCCCCCCCCCCCCCCCCC. The maximum atomic E-state index is 12.3. The highest BCUT2D eigenvalue weighted by molar-refractivity contribution is 5.76. The number of aliphatic hydroxyl groups excluding tert-OH is 2. The molecule has 1 amide bonds. The van der Waals surface area contributed by atoms with Crippen molar-refractivity contribution in [3.05, 3.63) is 24.3 Å². The number of carbonyl (C=O) groups is 1. The lowest BCUT2D eigenvalue weighted by molar-refractivity contribution is -0.123. The molecule has 0 heterocycles. The van der Waals surface area contributed by atoms with Crippen LogP contribution in [-0.4, -0.2) is 34.9 Å². The van der Waals surface area contributed by atoms with Crippen LogP contribution in [0.4, 0.5) is 0 Å². The van der Waals surface area contributed by atoms with Gasteiger partial charge in [-0.25, -0.2) is 0 Å². The quantitative estimate of drug-likeness (QED) is 0.0428. The molecule has 2 unspecified atom stereocenters. The fourth-order valence-electron chi connectivity index (χ4n) is 7.67. The highest BCUT2D eigenvalue weighted by atomic mass is 16.3. The number of unbranched alkanes of at least 4 members (excludes halogenated alkanes) is 36. The molecule has 3 N–H and O–H groups in total. The molecule has 0 aliphatic carbocycles. The van der Waals surface area contributed by atoms with Crippen molar-refractivity contribution in [1.29, 1.82) is 0 Å². The van der Waals surface area contributed by atoms with Gasteiger partial charge in [-0.1, -0.05) is 256 Å². The summed E-state index contributed by atoms with van der Waals surface area (Å²) in [7, 11) is 0. The Hall–Kier alpha value is -1.13. The van der Waals surface area contributed by atoms with E-state index in [1.807, 2.05) is 6.08 Å². The fourth-order valence-corrected chi connectivity index (χ4v) is 7.67. The molecule has 0 spiro atoms. The number of nitrogens with one attached hydrogen (secondary N) is 1. The van der Waals surface area contributed by atoms with E-state index in [9.17, 15) is 15.0 Å². The molecule has 4 heteroatoms. The van der Waals surface area contributed by atoms with E-state index in [1.165, 1.54) is 218 Å². The van der Waals surface area contributed by atoms with Crippen LogP contribution in [0.5, 0.6) is 0 Å². The summed E-state index contributed by atoms with van der Waals surface area (Å²) in [5.41, 5.74) is 0. The number of amides is 1. The summed E-state index contributed by atoms with van der Waals surface area (Å²) in [6.07, 6.45) is 60.6. The Morgan fingerprint density at radius 3 is 1.07 bits per heavy atom. The van der Waals surface area contributed by atoms with E-state index in [0.717, 1.165) is 32.1 Å². The molecular weight excluding hydrogens is 663 g/mol. The third-order valence-electron chi connectivity index (χ3n) is 11.4. The summed E-state index contributed by atoms with van der Waals surface area (Å²) in [4.78, 5) is 12.3. The van der Waals surface area contributed by atoms with Gasteiger partial charge >= 0.3 is 0 Å². The molecule has 0 aliphatic rings. The first-order chi connectivity index (χ1) is 26.7. The maximum Gasteiger partial charge on any atom is 0.220 e. The molecule has 0 rings (SSSR count). The Balaban J connectivity index is 3.36. The molecule has 0 aromatic rings. The van der Waals surface area contributed by atoms with Gasteiger partial charge in [-0.2, -0.15) is 0 Å². The average molecular weight is 760 g/mol. The second kappa shape index (κ2) is 46.3. The predicted molar refractivity (Wildman–Crippen MR) is 239 cm³/mol. The van der Waals surface area contributed by atoms with E-state index < -0.39 is 12.1 Å². The van der Waals surface area contributed by atoms with Crippen molar-refractivity contribution in [2.45, 2.75) is 283 Å². The molecule has 0 aromatic carbocycles. The first-order valence-corrected chi connectivity index (χ1v) is 24.6. The lowest BCUT2D eigenvalue weighted by Crippen LogP contribution is -2.45. The molecule has 4 nitrogen and oxygen atoms in total. The molecule has 2 atom stereocenters. The standard InChI is InChI=1S/C50H97NO3/c1-3-5-7-9-11-13-14-15-16-17-18-19-20-21-22-23-24-25-26-27-28-29-30-31-32-33-34-35-36-38-40-42-44-46-50(54)51-48(47-52)49(53)45-43-41-39-37-12-10-8-6-4-2/h12,37,43,45,48-49,52-53H,3-11,13-36,38-42,44,46-47H2,1-2H3,(H,51,54)/b37-12+,45-43+. The highest BCUT2D eigenvalue weighted by Crippen LogP contribution is 2.17. The third-order valence-corrected chi connectivity index (χ3v) is 11.4. The predicted octanol–water partition coefficient (Wildman–Crippen LogP) is 15.6. The van der Waals surface area contributed by atoms with Crippen molar-refractivity contribution in [1.82, 2.24) is 5.32 Å². The van der Waals surface area contributed by atoms with Crippen molar-refractivity contribution < 1.29 is 15.0 Å². The van der Waals surface area contributed by atoms with Crippen LogP contribution in [0.2, 0.25) is 0 Å². The van der Waals surface area contributed by atoms with E-state index in [1.54, 1.807) is 6.08 Å². The second-order valence-electron chi connectivity index (χ2n) is 16.9. The average Bonchev–Trinajstić information content (AvgIpc) is 3.18. The van der Waals surface area contributed by atoms with Gasteiger partial charge in [0.15, 0.2) is 0 Å². The van der Waals surface area contributed by atoms with Gasteiger partial charge in [-0.3, -0.25) is 4.79 Å². The normalized spacial score (nSPS) is 13.0. The maximum absolute atomic E-state index is 12.3. The van der Waals surface area contributed by atoms with Gasteiger partial charge in [0.1, 0.15) is 0 Å². The highest BCUT2D eigenvalue weighted by Gasteiger charge is 2.17. The van der Waals surface area contributed by atoms with Crippen LogP contribution >= 0.6 is 0 Å². The molecule has 0 saturated carbocycles. The van der Waals surface area contributed by atoms with E-state index in [4.69, 9.17) is 0 Å². The molecule has 0 saturated heterocycles. The lowest BCUT2D eigenvalue weighted by Gasteiger charge is -2.19. The lowest BCUT2D eigenvalue weighted by atomic mass is 10.0. The largest absolute Gasteiger partial charge is 0.394 e. The summed E-state index contributed by atoms with van der Waals surface area (Å²) in [6, 6.07) is -0.633. The van der Waals surface area contributed by atoms with E-state index in [2.05, 4.69) is 31.3 Å². The van der Waals surface area contributed by atoms with Crippen LogP contribution < -0.4 is 5.32 Å². The van der Waals surface area contributed by atoms with Gasteiger partial charge in [-0.15, -0.1) is 0 Å². The van der Waals surface area contributed by atoms with E-state index in [0.29, 0.717) is 6.42 Å². The van der Waals surface area contributed by atoms with Gasteiger partial charge < -0.3 is 15.5 Å². The zero-order valence-electron chi connectivity index (χ0n) is 36.8. The minimum absolute atomic E-state index is 0.0720. The number of allylic oxidation sites excluding steroid dienone is 3. The molecule has 0 bridgehead atoms. The minimum Gasteiger partial charge on any atom is -0.394 e. The van der Waals surface area contributed by atoms with Crippen LogP contribution in [0.25, 0.3) is 0 Å². The molecule has 0 fully saturated rings. The smallest absolute Gasteiger partial charge is 0.220 e. The van der Waals surface area contributed by atoms with E-state index >= 15 is 0 Å². The summed E-state index contributed by atoms with van der Waals surface area (Å²) in [6.45, 7) is 4.26. The van der Waals surface area contributed by atoms with Gasteiger partial charge in [0, 0.05) is 6.42 Å². The minimum atomic E-state index is -0.856. The van der Waals surface area contributed by atoms with Crippen molar-refractivity contribution in [2.75, 3.05) is 6.61 Å². The Labute approximate surface area is 339 Å². The van der Waals surface area contributed by atoms with Gasteiger partial charge in [0.25, 0.3) is 0 Å². The van der Waals surface area contributed by atoms with Crippen LogP contribution in [0.15, 0.2) is 24.3 Å².